The van der Waals surface area contributed by atoms with Gasteiger partial charge in [-0.3, -0.25) is 4.79 Å². The molecule has 98 valence electrons. The number of phenols is 1. The van der Waals surface area contributed by atoms with Crippen LogP contribution < -0.4 is 5.32 Å². The van der Waals surface area contributed by atoms with Gasteiger partial charge in [0.25, 0.3) is 5.91 Å². The van der Waals surface area contributed by atoms with Gasteiger partial charge in [0.2, 0.25) is 0 Å². The second-order valence-electron chi connectivity index (χ2n) is 4.29. The maximum absolute atomic E-state index is 12.0. The second-order valence-corrected chi connectivity index (χ2v) is 4.85. The summed E-state index contributed by atoms with van der Waals surface area (Å²) in [6.07, 6.45) is 0. The summed E-state index contributed by atoms with van der Waals surface area (Å²) in [5, 5.41) is 13.1. The summed E-state index contributed by atoms with van der Waals surface area (Å²) in [5.41, 5.74) is 3.06. The van der Waals surface area contributed by atoms with Gasteiger partial charge >= 0.3 is 0 Å². The first kappa shape index (κ1) is 13.6. The van der Waals surface area contributed by atoms with Gasteiger partial charge in [-0.1, -0.05) is 34.1 Å². The van der Waals surface area contributed by atoms with Crippen molar-refractivity contribution in [3.8, 4) is 5.75 Å². The molecule has 0 spiro atoms. The second kappa shape index (κ2) is 5.89. The lowest BCUT2D eigenvalue weighted by Crippen LogP contribution is -2.11. The van der Waals surface area contributed by atoms with Crippen molar-refractivity contribution in [3.05, 3.63) is 59.2 Å². The van der Waals surface area contributed by atoms with E-state index in [1.807, 2.05) is 12.1 Å². The van der Waals surface area contributed by atoms with Crippen molar-refractivity contribution in [2.24, 2.45) is 0 Å². The average Bonchev–Trinajstić information content (AvgIpc) is 2.43. The summed E-state index contributed by atoms with van der Waals surface area (Å²) in [4.78, 5) is 12.0. The number of amides is 1. The lowest BCUT2D eigenvalue weighted by molar-refractivity contribution is 0.102. The highest BCUT2D eigenvalue weighted by Gasteiger charge is 2.07. The zero-order valence-electron chi connectivity index (χ0n) is 10.5. The highest BCUT2D eigenvalue weighted by Crippen LogP contribution is 2.21. The molecule has 0 aliphatic rings. The number of nitrogens with one attached hydrogen (secondary N) is 1. The first-order valence-corrected chi connectivity index (χ1v) is 6.98. The van der Waals surface area contributed by atoms with Crippen LogP contribution in [0.5, 0.6) is 5.75 Å². The number of anilines is 1. The average molecular weight is 320 g/mol. The molecule has 0 bridgehead atoms. The van der Waals surface area contributed by atoms with E-state index in [0.717, 1.165) is 16.5 Å². The number of aryl methyl sites for hydroxylation is 1. The fourth-order valence-electron chi connectivity index (χ4n) is 1.64. The Bertz CT molecular complexity index is 594. The van der Waals surface area contributed by atoms with Crippen LogP contribution in [0.1, 0.15) is 21.5 Å². The number of carbonyl (C=O) groups excluding carboxylic acids is 1. The molecule has 2 aromatic carbocycles. The standard InChI is InChI=1S/C15H14BrNO2/c1-10-2-7-13(8-14(10)18)17-15(19)12-5-3-11(9-16)4-6-12/h2-8,18H,9H2,1H3,(H,17,19). The van der Waals surface area contributed by atoms with E-state index < -0.39 is 0 Å². The Morgan fingerprint density at radius 1 is 1.21 bits per heavy atom. The highest BCUT2D eigenvalue weighted by molar-refractivity contribution is 9.08. The third-order valence-electron chi connectivity index (χ3n) is 2.84. The molecule has 3 nitrogen and oxygen atoms in total. The maximum atomic E-state index is 12.0. The zero-order chi connectivity index (χ0) is 13.8. The quantitative estimate of drug-likeness (QED) is 0.844. The number of halogens is 1. The van der Waals surface area contributed by atoms with Crippen molar-refractivity contribution in [1.29, 1.82) is 0 Å². The maximum Gasteiger partial charge on any atom is 0.255 e. The molecule has 0 aliphatic carbocycles. The summed E-state index contributed by atoms with van der Waals surface area (Å²) in [5.74, 6) is -0.0168. The smallest absolute Gasteiger partial charge is 0.255 e. The summed E-state index contributed by atoms with van der Waals surface area (Å²) >= 11 is 3.36. The minimum atomic E-state index is -0.190. The Morgan fingerprint density at radius 3 is 2.47 bits per heavy atom. The summed E-state index contributed by atoms with van der Waals surface area (Å²) in [6.45, 7) is 1.81. The van der Waals surface area contributed by atoms with Crippen LogP contribution in [-0.2, 0) is 5.33 Å². The van der Waals surface area contributed by atoms with Crippen LogP contribution in [-0.4, -0.2) is 11.0 Å². The van der Waals surface area contributed by atoms with Crippen molar-refractivity contribution in [3.63, 3.8) is 0 Å². The summed E-state index contributed by atoms with van der Waals surface area (Å²) < 4.78 is 0. The molecule has 2 N–H and O–H groups in total. The molecule has 0 unspecified atom stereocenters. The fraction of sp³-hybridized carbons (Fsp3) is 0.133. The zero-order valence-corrected chi connectivity index (χ0v) is 12.1. The number of benzene rings is 2. The van der Waals surface area contributed by atoms with Crippen molar-refractivity contribution in [1.82, 2.24) is 0 Å². The van der Waals surface area contributed by atoms with Crippen LogP contribution in [0.15, 0.2) is 42.5 Å². The van der Waals surface area contributed by atoms with Crippen LogP contribution >= 0.6 is 15.9 Å². The van der Waals surface area contributed by atoms with E-state index in [0.29, 0.717) is 11.3 Å². The molecule has 1 amide bonds. The molecular formula is C15H14BrNO2. The van der Waals surface area contributed by atoms with Crippen molar-refractivity contribution in [2.45, 2.75) is 12.3 Å². The van der Waals surface area contributed by atoms with Gasteiger partial charge in [0.15, 0.2) is 0 Å². The third-order valence-corrected chi connectivity index (χ3v) is 3.48. The number of phenolic OH excluding ortho intramolecular Hbond substituents is 1. The van der Waals surface area contributed by atoms with Crippen LogP contribution in [0, 0.1) is 6.92 Å². The summed E-state index contributed by atoms with van der Waals surface area (Å²) in [6, 6.07) is 12.4. The highest BCUT2D eigenvalue weighted by atomic mass is 79.9. The van der Waals surface area contributed by atoms with E-state index in [4.69, 9.17) is 0 Å². The molecule has 0 aromatic heterocycles. The normalized spacial score (nSPS) is 10.2. The third kappa shape index (κ3) is 3.35. The number of aromatic hydroxyl groups is 1. The fourth-order valence-corrected chi connectivity index (χ4v) is 2.01. The Kier molecular flexibility index (Phi) is 4.22. The molecular weight excluding hydrogens is 306 g/mol. The summed E-state index contributed by atoms with van der Waals surface area (Å²) in [7, 11) is 0. The molecule has 0 saturated carbocycles. The minimum Gasteiger partial charge on any atom is -0.508 e. The lowest BCUT2D eigenvalue weighted by atomic mass is 10.1. The Hall–Kier alpha value is -1.81. The molecule has 0 heterocycles. The molecule has 0 aliphatic heterocycles. The van der Waals surface area contributed by atoms with Gasteiger partial charge in [-0.15, -0.1) is 0 Å². The molecule has 19 heavy (non-hydrogen) atoms. The monoisotopic (exact) mass is 319 g/mol. The Labute approximate surface area is 120 Å². The number of alkyl halides is 1. The van der Waals surface area contributed by atoms with E-state index in [1.54, 1.807) is 37.3 Å². The van der Waals surface area contributed by atoms with Crippen LogP contribution in [0.4, 0.5) is 5.69 Å². The molecule has 4 heteroatoms. The van der Waals surface area contributed by atoms with Gasteiger partial charge in [-0.25, -0.2) is 0 Å². The van der Waals surface area contributed by atoms with Gasteiger partial charge in [0.1, 0.15) is 5.75 Å². The van der Waals surface area contributed by atoms with E-state index in [2.05, 4.69) is 21.2 Å². The van der Waals surface area contributed by atoms with Gasteiger partial charge in [-0.2, -0.15) is 0 Å². The van der Waals surface area contributed by atoms with Crippen molar-refractivity contribution >= 4 is 27.5 Å². The lowest BCUT2D eigenvalue weighted by Gasteiger charge is -2.07. The largest absolute Gasteiger partial charge is 0.508 e. The molecule has 0 fully saturated rings. The van der Waals surface area contributed by atoms with Crippen LogP contribution in [0.25, 0.3) is 0 Å². The van der Waals surface area contributed by atoms with E-state index in [-0.39, 0.29) is 11.7 Å². The Morgan fingerprint density at radius 2 is 1.89 bits per heavy atom. The molecule has 2 aromatic rings. The van der Waals surface area contributed by atoms with Gasteiger partial charge in [0.05, 0.1) is 0 Å². The minimum absolute atomic E-state index is 0.174. The number of rotatable bonds is 3. The Balaban J connectivity index is 2.13. The number of carbonyl (C=O) groups is 1. The van der Waals surface area contributed by atoms with E-state index >= 15 is 0 Å². The van der Waals surface area contributed by atoms with Crippen LogP contribution in [0.3, 0.4) is 0 Å². The van der Waals surface area contributed by atoms with Gasteiger partial charge in [-0.05, 0) is 36.2 Å². The van der Waals surface area contributed by atoms with Gasteiger partial charge in [0, 0.05) is 22.6 Å². The van der Waals surface area contributed by atoms with E-state index in [9.17, 15) is 9.90 Å². The predicted octanol–water partition coefficient (Wildman–Crippen LogP) is 3.85. The molecule has 0 atom stereocenters. The van der Waals surface area contributed by atoms with Crippen LogP contribution in [0.2, 0.25) is 0 Å². The number of hydrogen-bond donors (Lipinski definition) is 2. The van der Waals surface area contributed by atoms with E-state index in [1.165, 1.54) is 0 Å². The topological polar surface area (TPSA) is 49.3 Å². The molecule has 2 rings (SSSR count). The SMILES string of the molecule is Cc1ccc(NC(=O)c2ccc(CBr)cc2)cc1O. The number of hydrogen-bond acceptors (Lipinski definition) is 2. The van der Waals surface area contributed by atoms with Crippen molar-refractivity contribution < 1.29 is 9.90 Å². The van der Waals surface area contributed by atoms with Gasteiger partial charge < -0.3 is 10.4 Å². The predicted molar refractivity (Wildman–Crippen MR) is 79.9 cm³/mol. The molecule has 0 radical (unpaired) electrons. The molecule has 0 saturated heterocycles. The first-order chi connectivity index (χ1) is 9.10. The van der Waals surface area contributed by atoms with Crippen molar-refractivity contribution in [2.75, 3.05) is 5.32 Å². The first-order valence-electron chi connectivity index (χ1n) is 5.86.